The van der Waals surface area contributed by atoms with Crippen LogP contribution in [-0.2, 0) is 9.47 Å². The molecule has 17 heavy (non-hydrogen) atoms. The molecule has 0 aromatic heterocycles. The molecule has 0 amide bonds. The molecular weight excluding hydrogens is 232 g/mol. The Morgan fingerprint density at radius 2 is 1.47 bits per heavy atom. The Morgan fingerprint density at radius 1 is 1.06 bits per heavy atom. The van der Waals surface area contributed by atoms with Crippen molar-refractivity contribution in [3.63, 3.8) is 0 Å². The summed E-state index contributed by atoms with van der Waals surface area (Å²) in [5.41, 5.74) is 0. The first-order valence-corrected chi connectivity index (χ1v) is 5.23. The minimum absolute atomic E-state index is 0.0170. The molecule has 7 nitrogen and oxygen atoms in total. The van der Waals surface area contributed by atoms with E-state index in [1.165, 1.54) is 0 Å². The highest BCUT2D eigenvalue weighted by molar-refractivity contribution is 5.53. The van der Waals surface area contributed by atoms with Gasteiger partial charge in [0.15, 0.2) is 0 Å². The molecule has 0 rings (SSSR count). The molecule has 0 heterocycles. The minimum Gasteiger partial charge on any atom is -0.450 e. The van der Waals surface area contributed by atoms with E-state index in [4.69, 9.17) is 34.7 Å². The lowest BCUT2D eigenvalue weighted by atomic mass is 10.4. The number of rotatable bonds is 7. The van der Waals surface area contributed by atoms with Crippen LogP contribution in [0.25, 0.3) is 0 Å². The van der Waals surface area contributed by atoms with Gasteiger partial charge in [0.25, 0.3) is 0 Å². The Kier molecular flexibility index (Phi) is 12.6. The van der Waals surface area contributed by atoms with E-state index in [0.717, 1.165) is 0 Å². The van der Waals surface area contributed by atoms with Gasteiger partial charge in [-0.3, -0.25) is 0 Å². The summed E-state index contributed by atoms with van der Waals surface area (Å²) in [6.07, 6.45) is -2.49. The van der Waals surface area contributed by atoms with Crippen molar-refractivity contribution in [2.24, 2.45) is 0 Å². The monoisotopic (exact) mass is 254 g/mol. The number of carbonyl (C=O) groups is 1. The molecular formula is C10H22O7. The largest absolute Gasteiger partial charge is 0.503 e. The summed E-state index contributed by atoms with van der Waals surface area (Å²) in [6.45, 7) is 6.10. The van der Waals surface area contributed by atoms with Crippen molar-refractivity contribution in [2.45, 2.75) is 39.1 Å². The van der Waals surface area contributed by atoms with E-state index in [9.17, 15) is 0 Å². The minimum atomic E-state index is -1.83. The molecule has 3 unspecified atom stereocenters. The quantitative estimate of drug-likeness (QED) is 0.519. The number of aliphatic hydroxyl groups excluding tert-OH is 2. The van der Waals surface area contributed by atoms with Gasteiger partial charge in [-0.05, 0) is 20.8 Å². The lowest BCUT2D eigenvalue weighted by Gasteiger charge is -2.16. The van der Waals surface area contributed by atoms with Crippen molar-refractivity contribution >= 4 is 6.16 Å². The maximum Gasteiger partial charge on any atom is 0.503 e. The van der Waals surface area contributed by atoms with Gasteiger partial charge in [-0.1, -0.05) is 0 Å². The lowest BCUT2D eigenvalue weighted by Crippen LogP contribution is -2.24. The van der Waals surface area contributed by atoms with Crippen LogP contribution in [0, 0.1) is 0 Å². The molecule has 3 atom stereocenters. The van der Waals surface area contributed by atoms with Crippen LogP contribution in [0.15, 0.2) is 0 Å². The van der Waals surface area contributed by atoms with Crippen LogP contribution in [0.3, 0.4) is 0 Å². The van der Waals surface area contributed by atoms with E-state index in [2.05, 4.69) is 0 Å². The fourth-order valence-electron chi connectivity index (χ4n) is 0.704. The topological polar surface area (TPSA) is 116 Å². The summed E-state index contributed by atoms with van der Waals surface area (Å²) in [4.78, 5) is 8.56. The number of hydrogen-bond donors (Lipinski definition) is 4. The number of carboxylic acid groups (broad SMARTS) is 2. The molecule has 104 valence electrons. The lowest BCUT2D eigenvalue weighted by molar-refractivity contribution is -0.0620. The first-order valence-electron chi connectivity index (χ1n) is 5.23. The second-order valence-corrected chi connectivity index (χ2v) is 3.60. The predicted molar refractivity (Wildman–Crippen MR) is 60.2 cm³/mol. The third kappa shape index (κ3) is 21.0. The van der Waals surface area contributed by atoms with E-state index in [-0.39, 0.29) is 18.8 Å². The Bertz CT molecular complexity index is 179. The molecule has 0 fully saturated rings. The zero-order valence-electron chi connectivity index (χ0n) is 10.4. The molecule has 0 aromatic rings. The molecule has 0 bridgehead atoms. The Hall–Kier alpha value is -0.890. The number of ether oxygens (including phenoxy) is 2. The Labute approximate surface area is 101 Å². The second-order valence-electron chi connectivity index (χ2n) is 3.60. The molecule has 0 aliphatic carbocycles. The molecule has 0 saturated heterocycles. The Morgan fingerprint density at radius 3 is 1.82 bits per heavy atom. The SMILES string of the molecule is CC(O)COC(C)COC(C)CO.O=C(O)O. The van der Waals surface area contributed by atoms with Crippen LogP contribution in [0.4, 0.5) is 4.79 Å². The molecule has 4 N–H and O–H groups in total. The fourth-order valence-corrected chi connectivity index (χ4v) is 0.704. The summed E-state index contributed by atoms with van der Waals surface area (Å²) in [6, 6.07) is 0. The van der Waals surface area contributed by atoms with Crippen LogP contribution in [-0.4, -0.2) is 64.7 Å². The third-order valence-electron chi connectivity index (χ3n) is 1.49. The van der Waals surface area contributed by atoms with Gasteiger partial charge < -0.3 is 29.9 Å². The van der Waals surface area contributed by atoms with Gasteiger partial charge in [-0.25, -0.2) is 4.79 Å². The van der Waals surface area contributed by atoms with Crippen LogP contribution in [0.2, 0.25) is 0 Å². The van der Waals surface area contributed by atoms with Crippen LogP contribution < -0.4 is 0 Å². The van der Waals surface area contributed by atoms with Gasteiger partial charge in [0.05, 0.1) is 38.1 Å². The van der Waals surface area contributed by atoms with Gasteiger partial charge in [0.1, 0.15) is 0 Å². The highest BCUT2D eigenvalue weighted by Gasteiger charge is 2.06. The van der Waals surface area contributed by atoms with Gasteiger partial charge in [-0.15, -0.1) is 0 Å². The number of aliphatic hydroxyl groups is 2. The molecule has 0 radical (unpaired) electrons. The maximum absolute atomic E-state index is 8.92. The van der Waals surface area contributed by atoms with E-state index >= 15 is 0 Å². The van der Waals surface area contributed by atoms with Crippen LogP contribution >= 0.6 is 0 Å². The molecule has 7 heteroatoms. The van der Waals surface area contributed by atoms with Gasteiger partial charge in [0.2, 0.25) is 0 Å². The normalized spacial score (nSPS) is 15.4. The summed E-state index contributed by atoms with van der Waals surface area (Å²) < 4.78 is 10.5. The summed E-state index contributed by atoms with van der Waals surface area (Å²) >= 11 is 0. The molecule has 0 spiro atoms. The molecule has 0 aliphatic rings. The van der Waals surface area contributed by atoms with E-state index in [1.807, 2.05) is 6.92 Å². The molecule has 0 aliphatic heterocycles. The molecule has 0 saturated carbocycles. The number of hydrogen-bond acceptors (Lipinski definition) is 5. The van der Waals surface area contributed by atoms with E-state index < -0.39 is 12.3 Å². The van der Waals surface area contributed by atoms with Gasteiger partial charge >= 0.3 is 6.16 Å². The standard InChI is InChI=1S/C9H20O4.CH2O3/c1-7(11)5-12-9(3)6-13-8(2)4-10;2-1(3)4/h7-11H,4-6H2,1-3H3;(H2,2,3,4). The zero-order chi connectivity index (χ0) is 13.8. The fraction of sp³-hybridized carbons (Fsp3) is 0.900. The second kappa shape index (κ2) is 11.6. The van der Waals surface area contributed by atoms with Crippen molar-refractivity contribution in [1.29, 1.82) is 0 Å². The van der Waals surface area contributed by atoms with Crippen LogP contribution in [0.1, 0.15) is 20.8 Å². The predicted octanol–water partition coefficient (Wildman–Crippen LogP) is 0.392. The summed E-state index contributed by atoms with van der Waals surface area (Å²) in [7, 11) is 0. The Balaban J connectivity index is 0. The first kappa shape index (κ1) is 18.5. The smallest absolute Gasteiger partial charge is 0.450 e. The van der Waals surface area contributed by atoms with E-state index in [1.54, 1.807) is 13.8 Å². The highest BCUT2D eigenvalue weighted by Crippen LogP contribution is 1.97. The van der Waals surface area contributed by atoms with E-state index in [0.29, 0.717) is 13.2 Å². The summed E-state index contributed by atoms with van der Waals surface area (Å²) in [5.74, 6) is 0. The van der Waals surface area contributed by atoms with Crippen molar-refractivity contribution in [1.82, 2.24) is 0 Å². The van der Waals surface area contributed by atoms with Crippen LogP contribution in [0.5, 0.6) is 0 Å². The first-order chi connectivity index (χ1) is 7.79. The molecule has 0 aromatic carbocycles. The maximum atomic E-state index is 8.92. The average molecular weight is 254 g/mol. The van der Waals surface area contributed by atoms with Crippen molar-refractivity contribution in [3.8, 4) is 0 Å². The highest BCUT2D eigenvalue weighted by atomic mass is 16.6. The van der Waals surface area contributed by atoms with Gasteiger partial charge in [0, 0.05) is 0 Å². The van der Waals surface area contributed by atoms with Crippen molar-refractivity contribution in [2.75, 3.05) is 19.8 Å². The third-order valence-corrected chi connectivity index (χ3v) is 1.49. The van der Waals surface area contributed by atoms with Crippen molar-refractivity contribution in [3.05, 3.63) is 0 Å². The summed E-state index contributed by atoms with van der Waals surface area (Å²) in [5, 5.41) is 31.5. The average Bonchev–Trinajstić information content (AvgIpc) is 2.22. The van der Waals surface area contributed by atoms with Crippen molar-refractivity contribution < 1.29 is 34.7 Å². The van der Waals surface area contributed by atoms with Gasteiger partial charge in [-0.2, -0.15) is 0 Å². The zero-order valence-corrected chi connectivity index (χ0v) is 10.4.